The van der Waals surface area contributed by atoms with Crippen LogP contribution < -0.4 is 26.6 Å². The molecule has 0 atom stereocenters. The van der Waals surface area contributed by atoms with E-state index in [2.05, 4.69) is 31.7 Å². The van der Waals surface area contributed by atoms with Crippen molar-refractivity contribution in [1.82, 2.24) is 30.5 Å². The van der Waals surface area contributed by atoms with Gasteiger partial charge in [0.15, 0.2) is 5.65 Å². The van der Waals surface area contributed by atoms with E-state index in [0.717, 1.165) is 50.2 Å². The van der Waals surface area contributed by atoms with E-state index >= 15 is 0 Å². The number of hydrogen-bond acceptors (Lipinski definition) is 7. The third kappa shape index (κ3) is 4.76. The summed E-state index contributed by atoms with van der Waals surface area (Å²) in [4.78, 5) is 39.8. The van der Waals surface area contributed by atoms with Crippen LogP contribution in [0.25, 0.3) is 11.7 Å². The SMILES string of the molecule is CCC(=O)NC1CCC(Nc2cc(NC3CC3)n3ncc(/C=C4\NC(=O)NC4=O)c3n2)CC1. The van der Waals surface area contributed by atoms with Crippen molar-refractivity contribution < 1.29 is 14.4 Å². The lowest BCUT2D eigenvalue weighted by atomic mass is 9.91. The molecule has 5 N–H and O–H groups in total. The summed E-state index contributed by atoms with van der Waals surface area (Å²) in [7, 11) is 0. The van der Waals surface area contributed by atoms with Crippen LogP contribution in [0.15, 0.2) is 18.0 Å². The highest BCUT2D eigenvalue weighted by Gasteiger charge is 2.26. The first-order valence-corrected chi connectivity index (χ1v) is 11.5. The molecule has 0 bridgehead atoms. The first-order chi connectivity index (χ1) is 16.0. The van der Waals surface area contributed by atoms with Crippen LogP contribution in [-0.4, -0.2) is 50.6 Å². The Balaban J connectivity index is 1.37. The van der Waals surface area contributed by atoms with E-state index in [1.807, 2.05) is 13.0 Å². The second-order valence-corrected chi connectivity index (χ2v) is 8.86. The lowest BCUT2D eigenvalue weighted by Crippen LogP contribution is -2.39. The summed E-state index contributed by atoms with van der Waals surface area (Å²) in [5, 5.41) is 19.3. The molecule has 2 saturated carbocycles. The molecular formula is C22H28N8O3. The van der Waals surface area contributed by atoms with Crippen molar-refractivity contribution in [1.29, 1.82) is 0 Å². The average Bonchev–Trinajstić information content (AvgIpc) is 3.43. The number of nitrogens with zero attached hydrogens (tertiary/aromatic N) is 3. The molecule has 2 aromatic rings. The molecule has 11 heteroatoms. The molecule has 0 spiro atoms. The Morgan fingerprint density at radius 1 is 1.09 bits per heavy atom. The minimum atomic E-state index is -0.542. The zero-order valence-corrected chi connectivity index (χ0v) is 18.5. The summed E-state index contributed by atoms with van der Waals surface area (Å²) in [5.41, 5.74) is 1.39. The second kappa shape index (κ2) is 8.72. The molecule has 174 valence electrons. The quantitative estimate of drug-likeness (QED) is 0.318. The van der Waals surface area contributed by atoms with Crippen molar-refractivity contribution in [3.63, 3.8) is 0 Å². The van der Waals surface area contributed by atoms with Crippen LogP contribution in [0.2, 0.25) is 0 Å². The molecule has 3 fully saturated rings. The molecule has 0 radical (unpaired) electrons. The Hall–Kier alpha value is -3.63. The summed E-state index contributed by atoms with van der Waals surface area (Å²) >= 11 is 0. The zero-order valence-electron chi connectivity index (χ0n) is 18.5. The predicted octanol–water partition coefficient (Wildman–Crippen LogP) is 1.73. The molecule has 3 aliphatic rings. The van der Waals surface area contributed by atoms with Gasteiger partial charge < -0.3 is 21.3 Å². The molecule has 33 heavy (non-hydrogen) atoms. The van der Waals surface area contributed by atoms with Gasteiger partial charge in [0, 0.05) is 36.2 Å². The van der Waals surface area contributed by atoms with Crippen LogP contribution >= 0.6 is 0 Å². The fourth-order valence-corrected chi connectivity index (χ4v) is 4.25. The summed E-state index contributed by atoms with van der Waals surface area (Å²) in [6.07, 6.45) is 9.70. The Labute approximate surface area is 190 Å². The summed E-state index contributed by atoms with van der Waals surface area (Å²) in [5.74, 6) is 1.19. The fraction of sp³-hybridized carbons (Fsp3) is 0.500. The summed E-state index contributed by atoms with van der Waals surface area (Å²) in [6.45, 7) is 1.87. The molecular weight excluding hydrogens is 424 g/mol. The number of rotatable bonds is 7. The van der Waals surface area contributed by atoms with E-state index in [4.69, 9.17) is 4.98 Å². The molecule has 11 nitrogen and oxygen atoms in total. The standard InChI is InChI=1S/C22H28N8O3/c1-2-19(31)26-15-7-3-13(4-8-15)24-17-10-18(25-14-5-6-14)30-20(28-17)12(11-23-30)9-16-21(32)29-22(33)27-16/h9-11,13-15,25H,2-8H2,1H3,(H,24,28)(H,26,31)(H2,27,29,32,33)/b16-9-. The summed E-state index contributed by atoms with van der Waals surface area (Å²) in [6, 6.07) is 2.34. The lowest BCUT2D eigenvalue weighted by Gasteiger charge is -2.30. The first kappa shape index (κ1) is 21.2. The molecule has 0 aromatic carbocycles. The van der Waals surface area contributed by atoms with Crippen molar-refractivity contribution in [3.05, 3.63) is 23.5 Å². The van der Waals surface area contributed by atoms with Crippen LogP contribution in [0.5, 0.6) is 0 Å². The average molecular weight is 453 g/mol. The molecule has 2 aromatic heterocycles. The number of carbonyl (C=O) groups excluding carboxylic acids is 3. The summed E-state index contributed by atoms with van der Waals surface area (Å²) < 4.78 is 1.72. The van der Waals surface area contributed by atoms with Gasteiger partial charge in [-0.05, 0) is 44.6 Å². The largest absolute Gasteiger partial charge is 0.367 e. The van der Waals surface area contributed by atoms with E-state index in [-0.39, 0.29) is 23.7 Å². The van der Waals surface area contributed by atoms with Gasteiger partial charge in [0.05, 0.1) is 6.20 Å². The Kier molecular flexibility index (Phi) is 5.61. The van der Waals surface area contributed by atoms with Crippen LogP contribution in [0, 0.1) is 0 Å². The monoisotopic (exact) mass is 452 g/mol. The molecule has 3 heterocycles. The lowest BCUT2D eigenvalue weighted by molar-refractivity contribution is -0.121. The van der Waals surface area contributed by atoms with Crippen molar-refractivity contribution in [2.45, 2.75) is 70.0 Å². The molecule has 2 aliphatic carbocycles. The minimum Gasteiger partial charge on any atom is -0.367 e. The number of hydrogen-bond donors (Lipinski definition) is 5. The highest BCUT2D eigenvalue weighted by atomic mass is 16.2. The van der Waals surface area contributed by atoms with Gasteiger partial charge in [-0.25, -0.2) is 9.78 Å². The zero-order chi connectivity index (χ0) is 22.9. The van der Waals surface area contributed by atoms with Gasteiger partial charge in [-0.3, -0.25) is 14.9 Å². The highest BCUT2D eigenvalue weighted by molar-refractivity contribution is 6.14. The maximum atomic E-state index is 11.9. The fourth-order valence-electron chi connectivity index (χ4n) is 4.25. The first-order valence-electron chi connectivity index (χ1n) is 11.5. The van der Waals surface area contributed by atoms with E-state index in [9.17, 15) is 14.4 Å². The molecule has 1 saturated heterocycles. The van der Waals surface area contributed by atoms with Crippen molar-refractivity contribution in [3.8, 4) is 0 Å². The number of nitrogens with one attached hydrogen (secondary N) is 5. The van der Waals surface area contributed by atoms with E-state index in [1.165, 1.54) is 0 Å². The Morgan fingerprint density at radius 3 is 2.45 bits per heavy atom. The minimum absolute atomic E-state index is 0.101. The van der Waals surface area contributed by atoms with E-state index < -0.39 is 11.9 Å². The number of urea groups is 1. The van der Waals surface area contributed by atoms with Gasteiger partial charge in [0.1, 0.15) is 17.3 Å². The number of anilines is 2. The smallest absolute Gasteiger partial charge is 0.326 e. The molecule has 4 amide bonds. The van der Waals surface area contributed by atoms with Gasteiger partial charge >= 0.3 is 6.03 Å². The van der Waals surface area contributed by atoms with Gasteiger partial charge in [-0.15, -0.1) is 0 Å². The number of imide groups is 1. The maximum Gasteiger partial charge on any atom is 0.326 e. The van der Waals surface area contributed by atoms with Gasteiger partial charge in [-0.1, -0.05) is 6.92 Å². The van der Waals surface area contributed by atoms with Crippen LogP contribution in [0.4, 0.5) is 16.4 Å². The molecule has 5 rings (SSSR count). The Morgan fingerprint density at radius 2 is 1.79 bits per heavy atom. The van der Waals surface area contributed by atoms with Crippen LogP contribution in [0.1, 0.15) is 57.4 Å². The number of aromatic nitrogens is 3. The molecule has 1 aliphatic heterocycles. The van der Waals surface area contributed by atoms with Crippen molar-refractivity contribution in [2.75, 3.05) is 10.6 Å². The van der Waals surface area contributed by atoms with Gasteiger partial charge in [0.25, 0.3) is 5.91 Å². The third-order valence-electron chi connectivity index (χ3n) is 6.21. The van der Waals surface area contributed by atoms with Gasteiger partial charge in [-0.2, -0.15) is 9.61 Å². The normalized spacial score (nSPS) is 24.0. The van der Waals surface area contributed by atoms with Crippen LogP contribution in [0.3, 0.4) is 0 Å². The van der Waals surface area contributed by atoms with E-state index in [0.29, 0.717) is 23.7 Å². The molecule has 0 unspecified atom stereocenters. The maximum absolute atomic E-state index is 11.9. The van der Waals surface area contributed by atoms with Gasteiger partial charge in [0.2, 0.25) is 5.91 Å². The second-order valence-electron chi connectivity index (χ2n) is 8.86. The topological polar surface area (TPSA) is 142 Å². The number of fused-ring (bicyclic) bond motifs is 1. The third-order valence-corrected chi connectivity index (χ3v) is 6.21. The number of amides is 4. The van der Waals surface area contributed by atoms with Crippen molar-refractivity contribution in [2.24, 2.45) is 0 Å². The van der Waals surface area contributed by atoms with Crippen LogP contribution in [-0.2, 0) is 9.59 Å². The number of carbonyl (C=O) groups is 3. The predicted molar refractivity (Wildman–Crippen MR) is 122 cm³/mol. The Bertz CT molecular complexity index is 1130. The van der Waals surface area contributed by atoms with E-state index in [1.54, 1.807) is 16.8 Å². The highest BCUT2D eigenvalue weighted by Crippen LogP contribution is 2.29. The van der Waals surface area contributed by atoms with Crippen molar-refractivity contribution >= 4 is 41.2 Å².